The van der Waals surface area contributed by atoms with Gasteiger partial charge in [0.1, 0.15) is 0 Å². The molecule has 0 unspecified atom stereocenters. The average molecular weight is 1070 g/mol. The maximum absolute atomic E-state index is 15.3. The monoisotopic (exact) mass is 1070 g/mol. The van der Waals surface area contributed by atoms with Crippen molar-refractivity contribution < 1.29 is 13.2 Å². The summed E-state index contributed by atoms with van der Waals surface area (Å²) in [7, 11) is 0. The summed E-state index contributed by atoms with van der Waals surface area (Å²) in [6, 6.07) is 74.3. The highest BCUT2D eigenvalue weighted by Crippen LogP contribution is 2.47. The summed E-state index contributed by atoms with van der Waals surface area (Å²) < 4.78 is 50.1. The molecule has 0 atom stereocenters. The van der Waals surface area contributed by atoms with Gasteiger partial charge in [-0.15, -0.1) is 0 Å². The highest BCUT2D eigenvalue weighted by atomic mass is 19.4. The molecule has 0 aliphatic rings. The lowest BCUT2D eigenvalue weighted by molar-refractivity contribution is -0.137. The molecule has 0 saturated heterocycles. The van der Waals surface area contributed by atoms with Crippen molar-refractivity contribution in [2.45, 2.75) is 13.1 Å². The fourth-order valence-corrected chi connectivity index (χ4v) is 11.6. The van der Waals surface area contributed by atoms with E-state index in [1.165, 1.54) is 6.07 Å². The fourth-order valence-electron chi connectivity index (χ4n) is 11.6. The van der Waals surface area contributed by atoms with Gasteiger partial charge in [-0.25, -0.2) is 14.5 Å². The number of rotatable bonds is 8. The highest BCUT2D eigenvalue weighted by molar-refractivity contribution is 6.14. The van der Waals surface area contributed by atoms with Gasteiger partial charge in [0.05, 0.1) is 82.0 Å². The van der Waals surface area contributed by atoms with Crippen LogP contribution in [0.2, 0.25) is 0 Å². The number of hydrogen-bond acceptors (Lipinski definition) is 2. The second-order valence-electron chi connectivity index (χ2n) is 20.3. The summed E-state index contributed by atoms with van der Waals surface area (Å²) in [4.78, 5) is 11.2. The van der Waals surface area contributed by atoms with Gasteiger partial charge < -0.3 is 9.13 Å². The molecule has 2 aromatic heterocycles. The third kappa shape index (κ3) is 8.86. The molecule has 11 aromatic carbocycles. The zero-order chi connectivity index (χ0) is 57.1. The Labute approximate surface area is 475 Å². The molecule has 13 rings (SSSR count). The second-order valence-corrected chi connectivity index (χ2v) is 20.3. The number of hydrogen-bond donors (Lipinski definition) is 0. The van der Waals surface area contributed by atoms with Gasteiger partial charge in [0.15, 0.2) is 17.1 Å². The number of nitriles is 2. The van der Waals surface area contributed by atoms with E-state index in [4.69, 9.17) is 19.7 Å². The van der Waals surface area contributed by atoms with E-state index in [0.29, 0.717) is 61.8 Å². The van der Waals surface area contributed by atoms with Crippen LogP contribution >= 0.6 is 0 Å². The van der Waals surface area contributed by atoms with Crippen LogP contribution in [-0.4, -0.2) is 9.13 Å². The number of fused-ring (bicyclic) bond motifs is 6. The number of nitrogens with zero attached hydrogens (tertiary/aromatic N) is 7. The number of halogens is 3. The van der Waals surface area contributed by atoms with Crippen LogP contribution < -0.4 is 0 Å². The van der Waals surface area contributed by atoms with Crippen LogP contribution in [0.4, 0.5) is 30.2 Å². The first-order valence-corrected chi connectivity index (χ1v) is 26.4. The Bertz CT molecular complexity index is 4820. The predicted molar refractivity (Wildman–Crippen MR) is 326 cm³/mol. The van der Waals surface area contributed by atoms with Crippen molar-refractivity contribution in [2.75, 3.05) is 0 Å². The van der Waals surface area contributed by atoms with E-state index >= 15 is 13.2 Å². The van der Waals surface area contributed by atoms with E-state index in [1.807, 2.05) is 109 Å². The second kappa shape index (κ2) is 20.2. The van der Waals surface area contributed by atoms with E-state index in [9.17, 15) is 10.5 Å². The van der Waals surface area contributed by atoms with Crippen LogP contribution in [-0.2, 0) is 6.18 Å². The molecule has 0 aliphatic heterocycles. The topological polar surface area (TPSA) is 70.5 Å². The first kappa shape index (κ1) is 50.7. The molecular formula is C73H40F3N7. The van der Waals surface area contributed by atoms with Crippen molar-refractivity contribution in [2.24, 2.45) is 0 Å². The molecule has 0 fully saturated rings. The molecular weight excluding hydrogens is 1030 g/mol. The molecule has 7 nitrogen and oxygen atoms in total. The van der Waals surface area contributed by atoms with Gasteiger partial charge in [-0.1, -0.05) is 127 Å². The lowest BCUT2D eigenvalue weighted by Crippen LogP contribution is -2.08. The van der Waals surface area contributed by atoms with Crippen molar-refractivity contribution in [3.63, 3.8) is 0 Å². The van der Waals surface area contributed by atoms with E-state index in [0.717, 1.165) is 94.2 Å². The normalized spacial score (nSPS) is 11.3. The molecule has 2 heterocycles. The van der Waals surface area contributed by atoms with Gasteiger partial charge in [-0.3, -0.25) is 0 Å². The minimum atomic E-state index is -4.67. The van der Waals surface area contributed by atoms with E-state index in [2.05, 4.69) is 72.2 Å². The van der Waals surface area contributed by atoms with Gasteiger partial charge in [-0.05, 0) is 171 Å². The van der Waals surface area contributed by atoms with Gasteiger partial charge in [0.25, 0.3) is 0 Å². The number of alkyl halides is 3. The van der Waals surface area contributed by atoms with Crippen molar-refractivity contribution in [3.8, 4) is 90.3 Å². The highest BCUT2D eigenvalue weighted by Gasteiger charge is 2.35. The molecule has 83 heavy (non-hydrogen) atoms. The summed E-state index contributed by atoms with van der Waals surface area (Å²) in [6.07, 6.45) is -4.67. The Hall–Kier alpha value is -11.7. The van der Waals surface area contributed by atoms with Crippen LogP contribution in [0.5, 0.6) is 0 Å². The maximum atomic E-state index is 15.3. The molecule has 13 aromatic rings. The summed E-state index contributed by atoms with van der Waals surface area (Å²) >= 11 is 0. The first-order valence-electron chi connectivity index (χ1n) is 26.4. The molecule has 0 saturated carbocycles. The third-order valence-electron chi connectivity index (χ3n) is 15.6. The van der Waals surface area contributed by atoms with Crippen molar-refractivity contribution in [1.29, 1.82) is 10.5 Å². The zero-order valence-electron chi connectivity index (χ0n) is 44.1. The smallest absolute Gasteiger partial charge is 0.309 e. The molecule has 0 aliphatic carbocycles. The summed E-state index contributed by atoms with van der Waals surface area (Å²) in [5.74, 6) is 0. The predicted octanol–water partition coefficient (Wildman–Crippen LogP) is 20.6. The van der Waals surface area contributed by atoms with Gasteiger partial charge in [0.2, 0.25) is 0 Å². The van der Waals surface area contributed by atoms with E-state index < -0.39 is 11.7 Å². The zero-order valence-corrected chi connectivity index (χ0v) is 44.1. The molecule has 10 heteroatoms. The van der Waals surface area contributed by atoms with Gasteiger partial charge in [-0.2, -0.15) is 23.7 Å². The molecule has 388 valence electrons. The van der Waals surface area contributed by atoms with Crippen molar-refractivity contribution in [1.82, 2.24) is 9.13 Å². The Morgan fingerprint density at radius 3 is 1.14 bits per heavy atom. The average Bonchev–Trinajstić information content (AvgIpc) is 1.99. The minimum absolute atomic E-state index is 0.0533. The van der Waals surface area contributed by atoms with Crippen LogP contribution in [0.15, 0.2) is 224 Å². The van der Waals surface area contributed by atoms with Crippen LogP contribution in [0, 0.1) is 49.3 Å². The van der Waals surface area contributed by atoms with Gasteiger partial charge in [0, 0.05) is 27.1 Å². The quantitative estimate of drug-likeness (QED) is 0.142. The van der Waals surface area contributed by atoms with Gasteiger partial charge >= 0.3 is 6.18 Å². The summed E-state index contributed by atoms with van der Waals surface area (Å²) in [5.41, 5.74) is 15.7. The standard InChI is InChI=1S/C73H40F3N7/c1-44-6-5-7-65(73(74,75)76)72(44)55-20-30-59(71(40-55)83-68-33-23-53(49-16-25-56(79-2)26-17-49)38-62(68)63-39-54(24-34-69(63)83)50-18-27-57(80-3)28-19-50)64-41-58(81-4)29-35-70(64)82-66-31-21-51(47-12-8-45(42-77)9-13-47)36-60(66)61-37-52(22-32-67(61)82)48-14-10-46(43-78)11-15-48/h5-41H,1H3. The third-order valence-corrected chi connectivity index (χ3v) is 15.6. The minimum Gasteiger partial charge on any atom is -0.309 e. The van der Waals surface area contributed by atoms with Crippen LogP contribution in [0.3, 0.4) is 0 Å². The van der Waals surface area contributed by atoms with Crippen LogP contribution in [0.1, 0.15) is 22.3 Å². The van der Waals surface area contributed by atoms with E-state index in [1.54, 1.807) is 73.7 Å². The first-order chi connectivity index (χ1) is 40.4. The molecule has 0 bridgehead atoms. The fraction of sp³-hybridized carbons (Fsp3) is 0.0274. The largest absolute Gasteiger partial charge is 0.417 e. The number of aromatic nitrogens is 2. The van der Waals surface area contributed by atoms with Crippen molar-refractivity contribution in [3.05, 3.63) is 281 Å². The Morgan fingerprint density at radius 1 is 0.373 bits per heavy atom. The molecule has 0 radical (unpaired) electrons. The summed E-state index contributed by atoms with van der Waals surface area (Å²) in [6.45, 7) is 25.3. The van der Waals surface area contributed by atoms with Crippen LogP contribution in [0.25, 0.3) is 136 Å². The van der Waals surface area contributed by atoms with E-state index in [-0.39, 0.29) is 5.56 Å². The van der Waals surface area contributed by atoms with Crippen molar-refractivity contribution >= 4 is 60.7 Å². The number of benzene rings is 11. The maximum Gasteiger partial charge on any atom is 0.417 e. The number of aryl methyl sites for hydroxylation is 1. The summed E-state index contributed by atoms with van der Waals surface area (Å²) in [5, 5.41) is 22.8. The molecule has 0 spiro atoms. The SMILES string of the molecule is [C-]#[N+]c1ccc(-c2ccc3c(c2)c2cc(-c4ccc([N+]#[C-])cc4)ccc2n3-c2cc(-c3c(C)cccc3C(F)(F)F)ccc2-c2cc([N+]#[C-])ccc2-n2c3ccc(-c4ccc(C#N)cc4)cc3c3cc(-c4ccc(C#N)cc4)ccc32)cc1. The molecule has 0 amide bonds. The Morgan fingerprint density at radius 2 is 0.747 bits per heavy atom. The lowest BCUT2D eigenvalue weighted by Gasteiger charge is -2.22. The Balaban J connectivity index is 1.12. The Kier molecular flexibility index (Phi) is 12.3. The molecule has 0 N–H and O–H groups in total. The lowest BCUT2D eigenvalue weighted by atomic mass is 9.91.